The molecule has 3 fully saturated rings. The lowest BCUT2D eigenvalue weighted by Crippen LogP contribution is -2.66. The number of carbonyl (C=O) groups is 2. The van der Waals surface area contributed by atoms with Gasteiger partial charge in [-0.3, -0.25) is 4.79 Å². The second-order valence-corrected chi connectivity index (χ2v) is 15.6. The van der Waals surface area contributed by atoms with Gasteiger partial charge in [0.05, 0.1) is 12.0 Å². The fourth-order valence-corrected chi connectivity index (χ4v) is 10.9. The topological polar surface area (TPSA) is 86.7 Å². The summed E-state index contributed by atoms with van der Waals surface area (Å²) >= 11 is 0. The zero-order valence-electron chi connectivity index (χ0n) is 26.8. The first-order chi connectivity index (χ1) is 19.6. The predicted octanol–water partition coefficient (Wildman–Crippen LogP) is 7.46. The van der Waals surface area contributed by atoms with Gasteiger partial charge in [-0.15, -0.1) is 0 Å². The Morgan fingerprint density at radius 2 is 1.79 bits per heavy atom. The monoisotopic (exact) mass is 573 g/mol. The molecule has 0 radical (unpaired) electrons. The molecule has 7 nitrogen and oxygen atoms in total. The zero-order valence-corrected chi connectivity index (χ0v) is 26.8. The molecule has 0 amide bonds. The fraction of sp³-hybridized carbons (Fsp3) is 0.743. The van der Waals surface area contributed by atoms with Gasteiger partial charge in [0, 0.05) is 23.9 Å². The number of ether oxygens (including phenoxy) is 1. The summed E-state index contributed by atoms with van der Waals surface area (Å²) in [5, 5.41) is 4.33. The maximum Gasteiger partial charge on any atom is 0.233 e. The van der Waals surface area contributed by atoms with E-state index in [-0.39, 0.29) is 57.4 Å². The minimum absolute atomic E-state index is 0.0474. The predicted molar refractivity (Wildman–Crippen MR) is 159 cm³/mol. The Balaban J connectivity index is 1.52. The molecule has 0 N–H and O–H groups in total. The maximum atomic E-state index is 14.8. The number of carbonyl (C=O) groups excluding carboxylic acids is 2. The molecule has 0 saturated heterocycles. The van der Waals surface area contributed by atoms with E-state index in [1.165, 1.54) is 0 Å². The van der Waals surface area contributed by atoms with Crippen molar-refractivity contribution in [1.82, 2.24) is 10.1 Å². The number of nitrogens with zero attached hydrogens (tertiary/aromatic N) is 3. The van der Waals surface area contributed by atoms with Crippen molar-refractivity contribution in [2.45, 2.75) is 105 Å². The van der Waals surface area contributed by atoms with Crippen molar-refractivity contribution in [2.75, 3.05) is 7.11 Å². The van der Waals surface area contributed by atoms with Gasteiger partial charge in [0.15, 0.2) is 17.4 Å². The highest BCUT2D eigenvalue weighted by Gasteiger charge is 2.71. The highest BCUT2D eigenvalue weighted by molar-refractivity contribution is 6.03. The highest BCUT2D eigenvalue weighted by atomic mass is 16.5. The van der Waals surface area contributed by atoms with E-state index < -0.39 is 10.8 Å². The largest absolute Gasteiger partial charge is 0.374 e. The lowest BCUT2D eigenvalue weighted by atomic mass is 9.34. The molecule has 0 aromatic carbocycles. The van der Waals surface area contributed by atoms with E-state index in [2.05, 4.69) is 44.6 Å². The van der Waals surface area contributed by atoms with Gasteiger partial charge in [0.2, 0.25) is 11.6 Å². The molecule has 7 heteroatoms. The Bertz CT molecular complexity index is 1450. The lowest BCUT2D eigenvalue weighted by Gasteiger charge is -2.69. The first-order valence-corrected chi connectivity index (χ1v) is 15.9. The second kappa shape index (κ2) is 9.21. The smallest absolute Gasteiger partial charge is 0.233 e. The van der Waals surface area contributed by atoms with Crippen LogP contribution < -0.4 is 0 Å². The average molecular weight is 574 g/mol. The molecule has 1 heterocycles. The van der Waals surface area contributed by atoms with E-state index in [1.807, 2.05) is 32.9 Å². The quantitative estimate of drug-likeness (QED) is 0.349. The summed E-state index contributed by atoms with van der Waals surface area (Å²) in [5.41, 5.74) is -0.685. The second-order valence-electron chi connectivity index (χ2n) is 15.6. The first kappa shape index (κ1) is 29.5. The molecule has 226 valence electrons. The van der Waals surface area contributed by atoms with E-state index in [0.29, 0.717) is 23.6 Å². The Morgan fingerprint density at radius 1 is 1.07 bits per heavy atom. The third-order valence-corrected chi connectivity index (χ3v) is 13.8. The van der Waals surface area contributed by atoms with Crippen LogP contribution in [0.1, 0.15) is 112 Å². The van der Waals surface area contributed by atoms with Crippen LogP contribution in [0, 0.1) is 57.8 Å². The van der Waals surface area contributed by atoms with Gasteiger partial charge in [-0.25, -0.2) is 4.85 Å². The number of allylic oxidation sites excluding steroid dienone is 4. The summed E-state index contributed by atoms with van der Waals surface area (Å²) in [6.07, 6.45) is 9.24. The van der Waals surface area contributed by atoms with Gasteiger partial charge < -0.3 is 14.1 Å². The molecule has 0 bridgehead atoms. The van der Waals surface area contributed by atoms with Crippen LogP contribution in [0.15, 0.2) is 27.9 Å². The Kier molecular flexibility index (Phi) is 6.46. The number of hydrogen-bond donors (Lipinski definition) is 0. The number of rotatable bonds is 3. The van der Waals surface area contributed by atoms with Crippen LogP contribution in [-0.2, 0) is 19.7 Å². The Labute approximate surface area is 250 Å². The van der Waals surface area contributed by atoms with Crippen LogP contribution in [0.3, 0.4) is 0 Å². The average Bonchev–Trinajstić information content (AvgIpc) is 3.45. The summed E-state index contributed by atoms with van der Waals surface area (Å²) in [6, 6.07) is 0. The summed E-state index contributed by atoms with van der Waals surface area (Å²) < 4.78 is 11.6. The molecule has 5 aliphatic carbocycles. The minimum Gasteiger partial charge on any atom is -0.374 e. The third-order valence-electron chi connectivity index (χ3n) is 13.8. The number of fused-ring (bicyclic) bond motifs is 7. The Morgan fingerprint density at radius 3 is 2.45 bits per heavy atom. The van der Waals surface area contributed by atoms with E-state index in [1.54, 1.807) is 7.11 Å². The lowest BCUT2D eigenvalue weighted by molar-refractivity contribution is -0.166. The van der Waals surface area contributed by atoms with Crippen molar-refractivity contribution < 1.29 is 18.8 Å². The van der Waals surface area contributed by atoms with Gasteiger partial charge in [0.25, 0.3) is 0 Å². The van der Waals surface area contributed by atoms with Gasteiger partial charge >= 0.3 is 0 Å². The summed E-state index contributed by atoms with van der Waals surface area (Å²) in [6.45, 7) is 25.3. The highest BCUT2D eigenvalue weighted by Crippen LogP contribution is 2.74. The molecule has 0 spiro atoms. The summed E-state index contributed by atoms with van der Waals surface area (Å²) in [4.78, 5) is 36.7. The van der Waals surface area contributed by atoms with Gasteiger partial charge in [-0.2, -0.15) is 4.98 Å². The molecule has 0 aliphatic heterocycles. The number of hydrogen-bond acceptors (Lipinski definition) is 6. The number of Topliss-reactive ketones (excluding diaryl/α,β-unsaturated/α-hetero) is 1. The number of aromatic nitrogens is 2. The van der Waals surface area contributed by atoms with E-state index >= 15 is 0 Å². The van der Waals surface area contributed by atoms with Crippen LogP contribution in [0.25, 0.3) is 4.85 Å². The molecular formula is C35H47N3O4. The fourth-order valence-electron chi connectivity index (χ4n) is 10.9. The maximum absolute atomic E-state index is 14.8. The van der Waals surface area contributed by atoms with Crippen LogP contribution in [0.2, 0.25) is 0 Å². The standard InChI is InChI=1S/C35H47N3O4/c1-19-11-14-35(30-37-29(38-42-30)21(3)41-10)16-15-34(8)27(26(35)20(19)2)23(39)17-25-32(6)18-22(36-9)28(40)31(4,5)24(32)12-13-33(25,34)7/h17-21,24,26-27H,11-16H2,1-8,10H3/t19-,20+,21?,24+,26+,27-,32+,33-,34-,35+/m1/s1. The van der Waals surface area contributed by atoms with Crippen molar-refractivity contribution in [3.63, 3.8) is 0 Å². The van der Waals surface area contributed by atoms with Crippen LogP contribution in [-0.4, -0.2) is 28.8 Å². The van der Waals surface area contributed by atoms with Gasteiger partial charge in [0.1, 0.15) is 6.10 Å². The van der Waals surface area contributed by atoms with Crippen molar-refractivity contribution >= 4 is 11.6 Å². The van der Waals surface area contributed by atoms with E-state index in [9.17, 15) is 9.59 Å². The van der Waals surface area contributed by atoms with Crippen LogP contribution in [0.4, 0.5) is 0 Å². The Hall–Kier alpha value is -2.59. The molecule has 1 aromatic heterocycles. The molecule has 10 atom stereocenters. The molecule has 42 heavy (non-hydrogen) atoms. The zero-order chi connectivity index (χ0) is 30.6. The van der Waals surface area contributed by atoms with Gasteiger partial charge in [-0.05, 0) is 86.0 Å². The van der Waals surface area contributed by atoms with Crippen molar-refractivity contribution in [1.29, 1.82) is 0 Å². The van der Waals surface area contributed by atoms with Crippen molar-refractivity contribution in [2.24, 2.45) is 51.2 Å². The molecule has 1 unspecified atom stereocenters. The van der Waals surface area contributed by atoms with Crippen LogP contribution in [0.5, 0.6) is 0 Å². The molecular weight excluding hydrogens is 526 g/mol. The first-order valence-electron chi connectivity index (χ1n) is 15.9. The molecule has 3 saturated carbocycles. The van der Waals surface area contributed by atoms with E-state index in [0.717, 1.165) is 44.1 Å². The SMILES string of the molecule is [C-]#[N+]C1=C[C@]2(C)C3=CC(=O)[C@@H]4[C@@H]5[C@@H](C)[C@H](C)CC[C@]5(c5nc(C(C)OC)no5)CC[C@@]4(C)[C@]3(C)CC[C@H]2C(C)(C)C1=O. The molecule has 5 aliphatic rings. The van der Waals surface area contributed by atoms with Crippen molar-refractivity contribution in [3.05, 3.63) is 46.6 Å². The van der Waals surface area contributed by atoms with E-state index in [4.69, 9.17) is 20.8 Å². The molecule has 6 rings (SSSR count). The minimum atomic E-state index is -0.656. The number of ketones is 2. The summed E-state index contributed by atoms with van der Waals surface area (Å²) in [7, 11) is 1.65. The van der Waals surface area contributed by atoms with Gasteiger partial charge in [-0.1, -0.05) is 65.3 Å². The molecule has 1 aromatic rings. The van der Waals surface area contributed by atoms with Crippen LogP contribution >= 0.6 is 0 Å². The van der Waals surface area contributed by atoms with Crippen molar-refractivity contribution in [3.8, 4) is 0 Å². The third kappa shape index (κ3) is 3.48. The summed E-state index contributed by atoms with van der Waals surface area (Å²) in [5.74, 6) is 2.12. The normalized spacial score (nSPS) is 44.9. The number of methoxy groups -OCH3 is 1.